The van der Waals surface area contributed by atoms with Crippen molar-refractivity contribution in [2.45, 2.75) is 0 Å². The highest BCUT2D eigenvalue weighted by atomic mass is 35.5. The van der Waals surface area contributed by atoms with E-state index in [1.165, 1.54) is 6.07 Å². The molecule has 0 radical (unpaired) electrons. The van der Waals surface area contributed by atoms with Crippen molar-refractivity contribution >= 4 is 11.6 Å². The van der Waals surface area contributed by atoms with E-state index in [2.05, 4.69) is 9.97 Å². The van der Waals surface area contributed by atoms with Crippen LogP contribution >= 0.6 is 11.6 Å². The fourth-order valence-electron chi connectivity index (χ4n) is 1.18. The van der Waals surface area contributed by atoms with Gasteiger partial charge in [-0.3, -0.25) is 9.78 Å². The fourth-order valence-corrected chi connectivity index (χ4v) is 1.37. The van der Waals surface area contributed by atoms with Crippen molar-refractivity contribution in [3.8, 4) is 11.3 Å². The Bertz CT molecular complexity index is 493. The number of hydrogen-bond donors (Lipinski definition) is 1. The molecule has 2 rings (SSSR count). The second kappa shape index (κ2) is 3.64. The third-order valence-electron chi connectivity index (χ3n) is 1.78. The van der Waals surface area contributed by atoms with Crippen molar-refractivity contribution in [1.29, 1.82) is 0 Å². The molecule has 0 aliphatic heterocycles. The summed E-state index contributed by atoms with van der Waals surface area (Å²) in [6, 6.07) is 10.8. The lowest BCUT2D eigenvalue weighted by Crippen LogP contribution is -2.06. The number of aromatic amines is 1. The predicted octanol–water partition coefficient (Wildman–Crippen LogP) is 2.09. The minimum absolute atomic E-state index is 0.108. The number of halogens is 1. The number of hydrogen-bond acceptors (Lipinski definition) is 2. The van der Waals surface area contributed by atoms with Gasteiger partial charge in [-0.25, -0.2) is 4.98 Å². The van der Waals surface area contributed by atoms with Crippen LogP contribution in [-0.4, -0.2) is 9.97 Å². The molecule has 14 heavy (non-hydrogen) atoms. The van der Waals surface area contributed by atoms with Gasteiger partial charge < -0.3 is 0 Å². The molecule has 1 aromatic heterocycles. The molecule has 0 fully saturated rings. The van der Waals surface area contributed by atoms with Crippen LogP contribution in [0.15, 0.2) is 41.2 Å². The van der Waals surface area contributed by atoms with Gasteiger partial charge in [0.15, 0.2) is 0 Å². The first kappa shape index (κ1) is 8.97. The van der Waals surface area contributed by atoms with Gasteiger partial charge >= 0.3 is 0 Å². The highest BCUT2D eigenvalue weighted by molar-refractivity contribution is 6.28. The zero-order valence-electron chi connectivity index (χ0n) is 7.20. The summed E-state index contributed by atoms with van der Waals surface area (Å²) in [5, 5.41) is 0.108. The van der Waals surface area contributed by atoms with Crippen LogP contribution < -0.4 is 5.56 Å². The van der Waals surface area contributed by atoms with E-state index in [0.29, 0.717) is 5.69 Å². The largest absolute Gasteiger partial charge is 0.297 e. The molecule has 0 unspecified atom stereocenters. The molecule has 1 heterocycles. The third kappa shape index (κ3) is 1.83. The number of H-pyrrole nitrogens is 1. The minimum Gasteiger partial charge on any atom is -0.297 e. The molecule has 1 aromatic carbocycles. The van der Waals surface area contributed by atoms with Crippen LogP contribution in [-0.2, 0) is 0 Å². The zero-order chi connectivity index (χ0) is 9.97. The molecule has 3 nitrogen and oxygen atoms in total. The van der Waals surface area contributed by atoms with E-state index in [9.17, 15) is 4.79 Å². The first-order valence-electron chi connectivity index (χ1n) is 4.08. The quantitative estimate of drug-likeness (QED) is 0.727. The lowest BCUT2D eigenvalue weighted by Gasteiger charge is -1.99. The lowest BCUT2D eigenvalue weighted by molar-refractivity contribution is 1.12. The molecule has 70 valence electrons. The number of aromatic nitrogens is 2. The van der Waals surface area contributed by atoms with Gasteiger partial charge in [-0.05, 0) is 11.6 Å². The maximum absolute atomic E-state index is 11.1. The van der Waals surface area contributed by atoms with E-state index >= 15 is 0 Å². The Morgan fingerprint density at radius 1 is 1.21 bits per heavy atom. The van der Waals surface area contributed by atoms with Crippen molar-refractivity contribution in [3.63, 3.8) is 0 Å². The number of rotatable bonds is 1. The molecule has 1 N–H and O–H groups in total. The molecule has 0 bridgehead atoms. The summed E-state index contributed by atoms with van der Waals surface area (Å²) < 4.78 is 0. The fraction of sp³-hybridized carbons (Fsp3) is 0. The summed E-state index contributed by atoms with van der Waals surface area (Å²) in [5.74, 6) is 0. The molecule has 4 heteroatoms. The van der Waals surface area contributed by atoms with Crippen molar-refractivity contribution in [3.05, 3.63) is 52.0 Å². The van der Waals surface area contributed by atoms with Gasteiger partial charge in [0.05, 0.1) is 5.69 Å². The summed E-state index contributed by atoms with van der Waals surface area (Å²) in [6.07, 6.45) is 0. The number of nitrogens with one attached hydrogen (secondary N) is 1. The molecule has 0 saturated carbocycles. The first-order valence-corrected chi connectivity index (χ1v) is 4.46. The lowest BCUT2D eigenvalue weighted by atomic mass is 10.1. The van der Waals surface area contributed by atoms with Crippen molar-refractivity contribution in [2.75, 3.05) is 0 Å². The molecule has 0 spiro atoms. The Kier molecular flexibility index (Phi) is 2.33. The first-order chi connectivity index (χ1) is 6.75. The third-order valence-corrected chi connectivity index (χ3v) is 1.96. The van der Waals surface area contributed by atoms with Crippen molar-refractivity contribution in [2.24, 2.45) is 0 Å². The zero-order valence-corrected chi connectivity index (χ0v) is 7.95. The van der Waals surface area contributed by atoms with Crippen LogP contribution in [0.3, 0.4) is 0 Å². The molecular weight excluding hydrogens is 200 g/mol. The van der Waals surface area contributed by atoms with Gasteiger partial charge in [0.25, 0.3) is 5.56 Å². The monoisotopic (exact) mass is 206 g/mol. The van der Waals surface area contributed by atoms with Crippen molar-refractivity contribution < 1.29 is 0 Å². The summed E-state index contributed by atoms with van der Waals surface area (Å²) in [6.45, 7) is 0. The highest BCUT2D eigenvalue weighted by Gasteiger charge is 2.00. The van der Waals surface area contributed by atoms with E-state index in [1.807, 2.05) is 30.3 Å². The maximum Gasteiger partial charge on any atom is 0.252 e. The highest BCUT2D eigenvalue weighted by Crippen LogP contribution is 2.14. The molecular formula is C10H7ClN2O. The van der Waals surface area contributed by atoms with E-state index < -0.39 is 0 Å². The van der Waals surface area contributed by atoms with E-state index in [1.54, 1.807) is 0 Å². The van der Waals surface area contributed by atoms with Gasteiger partial charge in [0.2, 0.25) is 5.28 Å². The smallest absolute Gasteiger partial charge is 0.252 e. The Morgan fingerprint density at radius 3 is 2.57 bits per heavy atom. The van der Waals surface area contributed by atoms with Crippen LogP contribution in [0, 0.1) is 0 Å². The molecule has 0 aliphatic rings. The maximum atomic E-state index is 11.1. The van der Waals surface area contributed by atoms with Gasteiger partial charge in [0.1, 0.15) is 0 Å². The van der Waals surface area contributed by atoms with Gasteiger partial charge in [0, 0.05) is 11.6 Å². The molecule has 0 amide bonds. The van der Waals surface area contributed by atoms with Gasteiger partial charge in [-0.15, -0.1) is 0 Å². The van der Waals surface area contributed by atoms with Crippen LogP contribution in [0.5, 0.6) is 0 Å². The van der Waals surface area contributed by atoms with Crippen LogP contribution in [0.25, 0.3) is 11.3 Å². The van der Waals surface area contributed by atoms with Crippen LogP contribution in [0.2, 0.25) is 5.28 Å². The summed E-state index contributed by atoms with van der Waals surface area (Å²) >= 11 is 5.63. The van der Waals surface area contributed by atoms with Gasteiger partial charge in [-0.2, -0.15) is 0 Å². The average Bonchev–Trinajstić information content (AvgIpc) is 2.18. The Labute approximate surface area is 85.4 Å². The molecule has 0 saturated heterocycles. The topological polar surface area (TPSA) is 45.8 Å². The second-order valence-electron chi connectivity index (χ2n) is 2.79. The van der Waals surface area contributed by atoms with E-state index in [-0.39, 0.29) is 10.8 Å². The summed E-state index contributed by atoms with van der Waals surface area (Å²) in [7, 11) is 0. The predicted molar refractivity (Wildman–Crippen MR) is 55.3 cm³/mol. The van der Waals surface area contributed by atoms with Crippen LogP contribution in [0.4, 0.5) is 0 Å². The summed E-state index contributed by atoms with van der Waals surface area (Å²) in [5.41, 5.74) is 1.21. The van der Waals surface area contributed by atoms with E-state index in [0.717, 1.165) is 5.56 Å². The molecule has 0 aliphatic carbocycles. The standard InChI is InChI=1S/C10H7ClN2O/c11-10-12-8(6-9(14)13-10)7-4-2-1-3-5-7/h1-6H,(H,12,13,14). The second-order valence-corrected chi connectivity index (χ2v) is 3.15. The van der Waals surface area contributed by atoms with Crippen LogP contribution in [0.1, 0.15) is 0 Å². The minimum atomic E-state index is -0.246. The SMILES string of the molecule is O=c1cc(-c2ccccc2)nc(Cl)[nH]1. The van der Waals surface area contributed by atoms with E-state index in [4.69, 9.17) is 11.6 Å². The van der Waals surface area contributed by atoms with Gasteiger partial charge in [-0.1, -0.05) is 30.3 Å². The Hall–Kier alpha value is -1.61. The molecule has 2 aromatic rings. The van der Waals surface area contributed by atoms with Crippen molar-refractivity contribution in [1.82, 2.24) is 9.97 Å². The Balaban J connectivity index is 2.58. The average molecular weight is 207 g/mol. The number of benzene rings is 1. The normalized spacial score (nSPS) is 10.1. The Morgan fingerprint density at radius 2 is 1.93 bits per heavy atom. The molecule has 0 atom stereocenters. The summed E-state index contributed by atoms with van der Waals surface area (Å²) in [4.78, 5) is 17.5. The number of nitrogens with zero attached hydrogens (tertiary/aromatic N) is 1.